The zero-order valence-electron chi connectivity index (χ0n) is 32.6. The second-order valence-corrected chi connectivity index (χ2v) is 15.0. The molecular weight excluding hydrogens is 695 g/mol. The van der Waals surface area contributed by atoms with Gasteiger partial charge in [0.15, 0.2) is 17.4 Å². The number of benzene rings is 7. The van der Waals surface area contributed by atoms with Gasteiger partial charge in [-0.05, 0) is 116 Å². The normalized spacial score (nSPS) is 11.5. The van der Waals surface area contributed by atoms with E-state index in [0.717, 1.165) is 56.2 Å². The largest absolute Gasteiger partial charge is 0.309 e. The molecule has 3 heterocycles. The fourth-order valence-electron chi connectivity index (χ4n) is 8.77. The molecule has 10 rings (SSSR count). The van der Waals surface area contributed by atoms with Crippen LogP contribution in [0.2, 0.25) is 0 Å². The highest BCUT2D eigenvalue weighted by Gasteiger charge is 2.23. The molecular formula is C52H42N5+. The maximum atomic E-state index is 5.02. The van der Waals surface area contributed by atoms with Crippen molar-refractivity contribution in [3.05, 3.63) is 205 Å². The molecule has 0 radical (unpaired) electrons. The lowest BCUT2D eigenvalue weighted by molar-refractivity contribution is 1.01. The van der Waals surface area contributed by atoms with Crippen molar-refractivity contribution in [2.45, 2.75) is 27.7 Å². The van der Waals surface area contributed by atoms with Gasteiger partial charge in [-0.25, -0.2) is 4.98 Å². The Morgan fingerprint density at radius 1 is 0.456 bits per heavy atom. The standard InChI is InChI=1S/C52H42N5/c1-35-15-12-16-36(2)51(35)39-29-30-53-50(31-39)57-46-24-9-8-23-44(46)45-28-27-43(33-49(45)57)56(52-37(3)17-13-18-38(52)4)42-22-14-21-41(32-42)55-34-54(40-19-6-5-7-20-40)47-25-10-11-26-48(47)55/h5-34H,1-4H3/q+1. The zero-order valence-corrected chi connectivity index (χ0v) is 32.6. The summed E-state index contributed by atoms with van der Waals surface area (Å²) in [6, 6.07) is 61.1. The van der Waals surface area contributed by atoms with Crippen LogP contribution in [-0.4, -0.2) is 18.7 Å². The van der Waals surface area contributed by atoms with Gasteiger partial charge < -0.3 is 4.90 Å². The molecule has 0 spiro atoms. The minimum Gasteiger partial charge on any atom is -0.309 e. The van der Waals surface area contributed by atoms with Crippen LogP contribution in [-0.2, 0) is 0 Å². The molecule has 5 nitrogen and oxygen atoms in total. The third kappa shape index (κ3) is 5.78. The van der Waals surface area contributed by atoms with Crippen molar-refractivity contribution in [3.8, 4) is 28.3 Å². The van der Waals surface area contributed by atoms with Crippen molar-refractivity contribution in [1.29, 1.82) is 0 Å². The summed E-state index contributed by atoms with van der Waals surface area (Å²) in [6.45, 7) is 8.79. The van der Waals surface area contributed by atoms with Crippen molar-refractivity contribution in [1.82, 2.24) is 18.7 Å². The summed E-state index contributed by atoms with van der Waals surface area (Å²) in [5, 5.41) is 2.39. The molecule has 0 amide bonds. The Hall–Kier alpha value is -7.24. The molecule has 0 aliphatic rings. The van der Waals surface area contributed by atoms with E-state index < -0.39 is 0 Å². The predicted molar refractivity (Wildman–Crippen MR) is 238 cm³/mol. The summed E-state index contributed by atoms with van der Waals surface area (Å²) in [4.78, 5) is 7.45. The van der Waals surface area contributed by atoms with E-state index >= 15 is 0 Å². The number of anilines is 3. The number of para-hydroxylation sites is 5. The van der Waals surface area contributed by atoms with Crippen LogP contribution in [0, 0.1) is 27.7 Å². The Bertz CT molecular complexity index is 3090. The number of rotatable bonds is 7. The monoisotopic (exact) mass is 736 g/mol. The molecule has 10 aromatic rings. The van der Waals surface area contributed by atoms with Crippen LogP contribution in [0.3, 0.4) is 0 Å². The maximum absolute atomic E-state index is 5.02. The number of nitrogens with zero attached hydrogens (tertiary/aromatic N) is 5. The lowest BCUT2D eigenvalue weighted by Crippen LogP contribution is -2.13. The summed E-state index contributed by atoms with van der Waals surface area (Å²) >= 11 is 0. The summed E-state index contributed by atoms with van der Waals surface area (Å²) < 4.78 is 6.89. The molecule has 0 fully saturated rings. The van der Waals surface area contributed by atoms with Gasteiger partial charge in [-0.2, -0.15) is 9.13 Å². The Morgan fingerprint density at radius 2 is 1.04 bits per heavy atom. The lowest BCUT2D eigenvalue weighted by atomic mass is 9.96. The van der Waals surface area contributed by atoms with E-state index in [1.54, 1.807) is 0 Å². The number of hydrogen-bond donors (Lipinski definition) is 0. The summed E-state index contributed by atoms with van der Waals surface area (Å²) in [6.07, 6.45) is 4.15. The van der Waals surface area contributed by atoms with E-state index in [4.69, 9.17) is 4.98 Å². The van der Waals surface area contributed by atoms with E-state index in [1.807, 2.05) is 6.20 Å². The van der Waals surface area contributed by atoms with E-state index in [2.05, 4.69) is 222 Å². The van der Waals surface area contributed by atoms with E-state index in [9.17, 15) is 0 Å². The number of aryl methyl sites for hydroxylation is 4. The van der Waals surface area contributed by atoms with Gasteiger partial charge in [0.25, 0.3) is 0 Å². The third-order valence-electron chi connectivity index (χ3n) is 11.4. The highest BCUT2D eigenvalue weighted by Crippen LogP contribution is 2.43. The van der Waals surface area contributed by atoms with Crippen LogP contribution in [0.25, 0.3) is 61.2 Å². The molecule has 3 aromatic heterocycles. The molecule has 0 aliphatic heterocycles. The second-order valence-electron chi connectivity index (χ2n) is 15.0. The van der Waals surface area contributed by atoms with E-state index in [0.29, 0.717) is 0 Å². The third-order valence-corrected chi connectivity index (χ3v) is 11.4. The van der Waals surface area contributed by atoms with Gasteiger partial charge in [0.1, 0.15) is 17.2 Å². The van der Waals surface area contributed by atoms with Crippen molar-refractivity contribution < 1.29 is 0 Å². The van der Waals surface area contributed by atoms with Crippen LogP contribution >= 0.6 is 0 Å². The molecule has 0 unspecified atom stereocenters. The van der Waals surface area contributed by atoms with Gasteiger partial charge in [-0.15, -0.1) is 0 Å². The highest BCUT2D eigenvalue weighted by atomic mass is 15.2. The van der Waals surface area contributed by atoms with Crippen molar-refractivity contribution in [3.63, 3.8) is 0 Å². The van der Waals surface area contributed by atoms with Crippen LogP contribution < -0.4 is 4.90 Å². The average molecular weight is 737 g/mol. The first-order valence-electron chi connectivity index (χ1n) is 19.5. The van der Waals surface area contributed by atoms with Gasteiger partial charge in [0.05, 0.1) is 22.4 Å². The van der Waals surface area contributed by atoms with Crippen LogP contribution in [0.5, 0.6) is 0 Å². The number of pyridine rings is 1. The van der Waals surface area contributed by atoms with Gasteiger partial charge >= 0.3 is 0 Å². The molecule has 0 saturated heterocycles. The summed E-state index contributed by atoms with van der Waals surface area (Å²) in [5.74, 6) is 0.894. The van der Waals surface area contributed by atoms with Crippen molar-refractivity contribution in [2.75, 3.05) is 4.90 Å². The minimum atomic E-state index is 0.894. The molecule has 5 heteroatoms. The van der Waals surface area contributed by atoms with Gasteiger partial charge in [0, 0.05) is 40.9 Å². The number of hydrogen-bond acceptors (Lipinski definition) is 2. The fourth-order valence-corrected chi connectivity index (χ4v) is 8.77. The Morgan fingerprint density at radius 3 is 1.77 bits per heavy atom. The smallest absolute Gasteiger partial charge is 0.168 e. The summed E-state index contributed by atoms with van der Waals surface area (Å²) in [5.41, 5.74) is 17.4. The second kappa shape index (κ2) is 13.8. The van der Waals surface area contributed by atoms with Gasteiger partial charge in [0.2, 0.25) is 0 Å². The fraction of sp³-hybridized carbons (Fsp3) is 0.0769. The van der Waals surface area contributed by atoms with Crippen molar-refractivity contribution in [2.24, 2.45) is 0 Å². The Kier molecular flexibility index (Phi) is 8.30. The van der Waals surface area contributed by atoms with E-state index in [-0.39, 0.29) is 0 Å². The first-order chi connectivity index (χ1) is 27.9. The van der Waals surface area contributed by atoms with Gasteiger partial charge in [-0.3, -0.25) is 4.57 Å². The van der Waals surface area contributed by atoms with Crippen LogP contribution in [0.1, 0.15) is 22.3 Å². The molecule has 0 bridgehead atoms. The molecule has 0 saturated carbocycles. The highest BCUT2D eigenvalue weighted by molar-refractivity contribution is 6.10. The van der Waals surface area contributed by atoms with Crippen molar-refractivity contribution >= 4 is 49.9 Å². The number of fused-ring (bicyclic) bond motifs is 4. The van der Waals surface area contributed by atoms with Crippen LogP contribution in [0.4, 0.5) is 17.1 Å². The predicted octanol–water partition coefficient (Wildman–Crippen LogP) is 13.6. The topological polar surface area (TPSA) is 30.9 Å². The first kappa shape index (κ1) is 34.3. The minimum absolute atomic E-state index is 0.894. The Balaban J connectivity index is 1.18. The summed E-state index contributed by atoms with van der Waals surface area (Å²) in [7, 11) is 0. The SMILES string of the molecule is Cc1cccc(C)c1-c1ccnc(-n2c3ccccc3c3ccc(N(c4cccc(-n5[cH+]n(-c6ccccc6)c6ccccc65)c4)c4c(C)cccc4C)cc32)c1. The number of aromatic nitrogens is 4. The van der Waals surface area contributed by atoms with Gasteiger partial charge in [-0.1, -0.05) is 97.1 Å². The molecule has 274 valence electrons. The van der Waals surface area contributed by atoms with Crippen LogP contribution in [0.15, 0.2) is 182 Å². The quantitative estimate of drug-likeness (QED) is 0.153. The first-order valence-corrected chi connectivity index (χ1v) is 19.5. The molecule has 0 N–H and O–H groups in total. The lowest BCUT2D eigenvalue weighted by Gasteiger charge is -2.29. The van der Waals surface area contributed by atoms with E-state index in [1.165, 1.54) is 44.3 Å². The maximum Gasteiger partial charge on any atom is 0.168 e. The molecule has 7 aromatic carbocycles. The molecule has 57 heavy (non-hydrogen) atoms. The number of imidazole rings is 1. The average Bonchev–Trinajstić information content (AvgIpc) is 3.79. The zero-order chi connectivity index (χ0) is 38.6. The molecule has 0 atom stereocenters. The molecule has 0 aliphatic carbocycles. The Labute approximate surface area is 333 Å².